The van der Waals surface area contributed by atoms with E-state index in [1.165, 1.54) is 22.5 Å². The molecule has 0 aliphatic heterocycles. The molecule has 0 saturated heterocycles. The van der Waals surface area contributed by atoms with Crippen molar-refractivity contribution < 1.29 is 9.47 Å². The van der Waals surface area contributed by atoms with Gasteiger partial charge < -0.3 is 14.5 Å². The molecule has 0 aliphatic rings. The Bertz CT molecular complexity index is 1260. The first-order valence-corrected chi connectivity index (χ1v) is 10.2. The van der Waals surface area contributed by atoms with Crippen molar-refractivity contribution in [1.29, 1.82) is 0 Å². The van der Waals surface area contributed by atoms with E-state index in [-0.39, 0.29) is 5.56 Å². The smallest absolute Gasteiger partial charge is 0.260 e. The Kier molecular flexibility index (Phi) is 5.11. The van der Waals surface area contributed by atoms with Gasteiger partial charge in [0, 0.05) is 17.4 Å². The monoisotopic (exact) mass is 406 g/mol. The van der Waals surface area contributed by atoms with E-state index in [9.17, 15) is 4.79 Å². The fraction of sp³-hybridized carbons (Fsp3) is 0.217. The van der Waals surface area contributed by atoms with Crippen molar-refractivity contribution in [3.8, 4) is 22.6 Å². The number of aryl methyl sites for hydroxylation is 2. The average Bonchev–Trinajstić information content (AvgIpc) is 3.14. The first-order chi connectivity index (χ1) is 14.0. The van der Waals surface area contributed by atoms with Crippen molar-refractivity contribution >= 4 is 21.6 Å². The molecule has 2 aromatic heterocycles. The number of H-pyrrole nitrogens is 1. The summed E-state index contributed by atoms with van der Waals surface area (Å²) in [6.07, 6.45) is 0.502. The highest BCUT2D eigenvalue weighted by Gasteiger charge is 2.14. The summed E-state index contributed by atoms with van der Waals surface area (Å²) < 4.78 is 10.6. The molecule has 0 amide bonds. The second-order valence-corrected chi connectivity index (χ2v) is 7.87. The van der Waals surface area contributed by atoms with Crippen LogP contribution in [0.2, 0.25) is 0 Å². The number of methoxy groups -OCH3 is 2. The van der Waals surface area contributed by atoms with Crippen molar-refractivity contribution in [3.63, 3.8) is 0 Å². The van der Waals surface area contributed by atoms with Gasteiger partial charge in [-0.25, -0.2) is 4.98 Å². The van der Waals surface area contributed by atoms with Crippen LogP contribution in [0.4, 0.5) is 0 Å². The fourth-order valence-corrected chi connectivity index (χ4v) is 4.35. The van der Waals surface area contributed by atoms with Gasteiger partial charge in [-0.15, -0.1) is 11.3 Å². The summed E-state index contributed by atoms with van der Waals surface area (Å²) in [6, 6.07) is 12.0. The fourth-order valence-electron chi connectivity index (χ4n) is 3.38. The van der Waals surface area contributed by atoms with Crippen LogP contribution in [0.3, 0.4) is 0 Å². The Hall–Kier alpha value is -3.12. The van der Waals surface area contributed by atoms with Crippen LogP contribution in [0.25, 0.3) is 21.3 Å². The Morgan fingerprint density at radius 3 is 2.52 bits per heavy atom. The molecular formula is C23H22N2O3S. The van der Waals surface area contributed by atoms with Crippen molar-refractivity contribution in [2.45, 2.75) is 20.3 Å². The van der Waals surface area contributed by atoms with Crippen LogP contribution in [0.1, 0.15) is 22.5 Å². The molecule has 148 valence electrons. The lowest BCUT2D eigenvalue weighted by molar-refractivity contribution is 0.354. The van der Waals surface area contributed by atoms with E-state index >= 15 is 0 Å². The molecule has 4 rings (SSSR count). The molecule has 0 bridgehead atoms. The lowest BCUT2D eigenvalue weighted by Crippen LogP contribution is -2.11. The van der Waals surface area contributed by atoms with Crippen molar-refractivity contribution in [1.82, 2.24) is 9.97 Å². The van der Waals surface area contributed by atoms with Crippen molar-refractivity contribution in [3.05, 3.63) is 74.6 Å². The first-order valence-electron chi connectivity index (χ1n) is 9.29. The third-order valence-corrected chi connectivity index (χ3v) is 6.00. The highest BCUT2D eigenvalue weighted by molar-refractivity contribution is 7.17. The minimum Gasteiger partial charge on any atom is -0.493 e. The zero-order valence-corrected chi connectivity index (χ0v) is 17.6. The number of aromatic nitrogens is 2. The molecule has 1 N–H and O–H groups in total. The number of hydrogen-bond donors (Lipinski definition) is 1. The number of benzene rings is 2. The summed E-state index contributed by atoms with van der Waals surface area (Å²) in [5, 5.41) is 2.66. The molecule has 0 unspecified atom stereocenters. The number of thiophene rings is 1. The molecule has 6 heteroatoms. The van der Waals surface area contributed by atoms with Gasteiger partial charge in [0.1, 0.15) is 10.7 Å². The van der Waals surface area contributed by atoms with E-state index in [4.69, 9.17) is 14.5 Å². The number of aromatic amines is 1. The third kappa shape index (κ3) is 3.63. The Labute approximate surface area is 173 Å². The van der Waals surface area contributed by atoms with E-state index in [1.807, 2.05) is 23.6 Å². The predicted octanol–water partition coefficient (Wildman–Crippen LogP) is 4.88. The molecule has 0 radical (unpaired) electrons. The van der Waals surface area contributed by atoms with Crippen LogP contribution in [-0.2, 0) is 6.42 Å². The quantitative estimate of drug-likeness (QED) is 0.513. The normalized spacial score (nSPS) is 11.0. The maximum absolute atomic E-state index is 12.9. The minimum absolute atomic E-state index is 0.111. The predicted molar refractivity (Wildman–Crippen MR) is 118 cm³/mol. The molecule has 0 aliphatic carbocycles. The van der Waals surface area contributed by atoms with E-state index in [0.29, 0.717) is 29.1 Å². The number of ether oxygens (including phenoxy) is 2. The first kappa shape index (κ1) is 19.2. The highest BCUT2D eigenvalue weighted by atomic mass is 32.1. The van der Waals surface area contributed by atoms with Crippen LogP contribution in [0.15, 0.2) is 46.6 Å². The third-order valence-electron chi connectivity index (χ3n) is 5.13. The maximum Gasteiger partial charge on any atom is 0.260 e. The van der Waals surface area contributed by atoms with Crippen LogP contribution >= 0.6 is 11.3 Å². The molecular weight excluding hydrogens is 384 g/mol. The number of hydrogen-bond acceptors (Lipinski definition) is 5. The summed E-state index contributed by atoms with van der Waals surface area (Å²) in [5.41, 5.74) is 5.28. The van der Waals surface area contributed by atoms with Gasteiger partial charge in [0.2, 0.25) is 0 Å². The van der Waals surface area contributed by atoms with Crippen LogP contribution in [0.5, 0.6) is 11.5 Å². The standard InChI is InChI=1S/C23H22N2O3S/c1-13-5-7-16(9-14(13)2)17-12-29-23-21(17)22(26)24-20(25-23)11-15-6-8-18(27-3)19(10-15)28-4/h5-10,12H,11H2,1-4H3,(H,24,25,26). The summed E-state index contributed by atoms with van der Waals surface area (Å²) in [7, 11) is 3.21. The maximum atomic E-state index is 12.9. The molecule has 5 nitrogen and oxygen atoms in total. The van der Waals surface area contributed by atoms with E-state index < -0.39 is 0 Å². The van der Waals surface area contributed by atoms with Gasteiger partial charge in [0.25, 0.3) is 5.56 Å². The van der Waals surface area contributed by atoms with E-state index in [1.54, 1.807) is 14.2 Å². The molecule has 0 saturated carbocycles. The summed E-state index contributed by atoms with van der Waals surface area (Å²) in [4.78, 5) is 21.3. The second-order valence-electron chi connectivity index (χ2n) is 7.01. The molecule has 4 aromatic rings. The van der Waals surface area contributed by atoms with Gasteiger partial charge in [-0.3, -0.25) is 4.79 Å². The lowest BCUT2D eigenvalue weighted by Gasteiger charge is -2.09. The number of nitrogens with zero attached hydrogens (tertiary/aromatic N) is 1. The number of nitrogens with one attached hydrogen (secondary N) is 1. The van der Waals surface area contributed by atoms with Crippen molar-refractivity contribution in [2.24, 2.45) is 0 Å². The topological polar surface area (TPSA) is 64.2 Å². The SMILES string of the molecule is COc1ccc(Cc2nc3scc(-c4ccc(C)c(C)c4)c3c(=O)[nH]2)cc1OC. The average molecular weight is 407 g/mol. The lowest BCUT2D eigenvalue weighted by atomic mass is 10.0. The Balaban J connectivity index is 1.72. The Morgan fingerprint density at radius 2 is 1.79 bits per heavy atom. The van der Waals surface area contributed by atoms with Crippen LogP contribution < -0.4 is 15.0 Å². The van der Waals surface area contributed by atoms with Crippen molar-refractivity contribution in [2.75, 3.05) is 14.2 Å². The second kappa shape index (κ2) is 7.72. The zero-order valence-electron chi connectivity index (χ0n) is 16.8. The molecule has 2 heterocycles. The molecule has 0 spiro atoms. The largest absolute Gasteiger partial charge is 0.493 e. The zero-order chi connectivity index (χ0) is 20.5. The van der Waals surface area contributed by atoms with Gasteiger partial charge >= 0.3 is 0 Å². The van der Waals surface area contributed by atoms with E-state index in [0.717, 1.165) is 21.5 Å². The highest BCUT2D eigenvalue weighted by Crippen LogP contribution is 2.32. The summed E-state index contributed by atoms with van der Waals surface area (Å²) >= 11 is 1.50. The van der Waals surface area contributed by atoms with Gasteiger partial charge in [-0.05, 0) is 48.2 Å². The van der Waals surface area contributed by atoms with Gasteiger partial charge in [-0.1, -0.05) is 24.3 Å². The number of fused-ring (bicyclic) bond motifs is 1. The summed E-state index contributed by atoms with van der Waals surface area (Å²) in [5.74, 6) is 1.95. The van der Waals surface area contributed by atoms with Gasteiger partial charge in [0.05, 0.1) is 19.6 Å². The molecule has 0 atom stereocenters. The number of rotatable bonds is 5. The van der Waals surface area contributed by atoms with Crippen LogP contribution in [-0.4, -0.2) is 24.2 Å². The van der Waals surface area contributed by atoms with Gasteiger partial charge in [0.15, 0.2) is 11.5 Å². The minimum atomic E-state index is -0.111. The molecule has 2 aromatic carbocycles. The summed E-state index contributed by atoms with van der Waals surface area (Å²) in [6.45, 7) is 4.16. The van der Waals surface area contributed by atoms with Crippen LogP contribution in [0, 0.1) is 13.8 Å². The Morgan fingerprint density at radius 1 is 1.00 bits per heavy atom. The van der Waals surface area contributed by atoms with E-state index in [2.05, 4.69) is 37.0 Å². The van der Waals surface area contributed by atoms with Gasteiger partial charge in [-0.2, -0.15) is 0 Å². The molecule has 0 fully saturated rings. The molecule has 29 heavy (non-hydrogen) atoms.